The Bertz CT molecular complexity index is 232. The van der Waals surface area contributed by atoms with Gasteiger partial charge in [0.25, 0.3) is 0 Å². The topological polar surface area (TPSA) is 75.4 Å². The second-order valence-corrected chi connectivity index (χ2v) is 3.61. The van der Waals surface area contributed by atoms with Crippen LogP contribution >= 0.6 is 0 Å². The molecule has 0 saturated carbocycles. The molecule has 2 aliphatic heterocycles. The maximum absolute atomic E-state index is 11.2. The molecule has 5 heteroatoms. The zero-order valence-corrected chi connectivity index (χ0v) is 7.32. The highest BCUT2D eigenvalue weighted by Crippen LogP contribution is 2.27. The van der Waals surface area contributed by atoms with Gasteiger partial charge in [-0.2, -0.15) is 0 Å². The molecule has 0 aromatic carbocycles. The number of nitrogens with one attached hydrogen (secondary N) is 1. The normalized spacial score (nSPS) is 33.6. The fourth-order valence-electron chi connectivity index (χ4n) is 2.09. The van der Waals surface area contributed by atoms with Crippen molar-refractivity contribution in [2.24, 2.45) is 17.6 Å². The molecule has 2 saturated heterocycles. The second kappa shape index (κ2) is 3.08. The molecule has 13 heavy (non-hydrogen) atoms. The Labute approximate surface area is 76.3 Å². The number of carbonyl (C=O) groups excluding carboxylic acids is 2. The highest BCUT2D eigenvalue weighted by atomic mass is 16.2. The molecular weight excluding hydrogens is 170 g/mol. The molecule has 0 aromatic heterocycles. The first-order chi connectivity index (χ1) is 6.22. The van der Waals surface area contributed by atoms with E-state index in [1.165, 1.54) is 0 Å². The van der Waals surface area contributed by atoms with E-state index in [4.69, 9.17) is 5.73 Å². The predicted molar refractivity (Wildman–Crippen MR) is 45.6 cm³/mol. The van der Waals surface area contributed by atoms with Crippen molar-refractivity contribution in [2.75, 3.05) is 26.2 Å². The molecule has 0 aliphatic carbocycles. The lowest BCUT2D eigenvalue weighted by molar-refractivity contribution is -0.126. The van der Waals surface area contributed by atoms with Gasteiger partial charge in [0.05, 0.1) is 11.8 Å². The Morgan fingerprint density at radius 1 is 1.31 bits per heavy atom. The highest BCUT2D eigenvalue weighted by Gasteiger charge is 2.47. The fourth-order valence-corrected chi connectivity index (χ4v) is 2.09. The van der Waals surface area contributed by atoms with E-state index in [-0.39, 0.29) is 23.7 Å². The number of fused-ring (bicyclic) bond motifs is 1. The molecule has 2 atom stereocenters. The van der Waals surface area contributed by atoms with Crippen molar-refractivity contribution in [3.63, 3.8) is 0 Å². The van der Waals surface area contributed by atoms with Crippen LogP contribution in [0.15, 0.2) is 0 Å². The molecule has 2 rings (SSSR count). The van der Waals surface area contributed by atoms with E-state index in [1.807, 2.05) is 0 Å². The van der Waals surface area contributed by atoms with Crippen molar-refractivity contribution in [1.82, 2.24) is 10.2 Å². The van der Waals surface area contributed by atoms with Gasteiger partial charge in [-0.1, -0.05) is 0 Å². The smallest absolute Gasteiger partial charge is 0.231 e. The van der Waals surface area contributed by atoms with Gasteiger partial charge in [0.15, 0.2) is 0 Å². The average molecular weight is 183 g/mol. The van der Waals surface area contributed by atoms with Gasteiger partial charge in [-0.3, -0.25) is 14.9 Å². The van der Waals surface area contributed by atoms with Crippen molar-refractivity contribution in [2.45, 2.75) is 0 Å². The molecule has 2 aliphatic rings. The number of amides is 2. The third kappa shape index (κ3) is 1.34. The summed E-state index contributed by atoms with van der Waals surface area (Å²) in [5.74, 6) is -0.484. The number of carbonyl (C=O) groups is 2. The maximum Gasteiger partial charge on any atom is 0.231 e. The number of likely N-dealkylation sites (tertiary alicyclic amines) is 1. The van der Waals surface area contributed by atoms with E-state index in [2.05, 4.69) is 10.2 Å². The summed E-state index contributed by atoms with van der Waals surface area (Å²) in [4.78, 5) is 24.5. The molecule has 3 N–H and O–H groups in total. The lowest BCUT2D eigenvalue weighted by Crippen LogP contribution is -2.33. The SMILES string of the molecule is NCCN1C[C@@H]2C(=O)NC(=O)[C@@H]2C1. The van der Waals surface area contributed by atoms with Crippen LogP contribution in [0.3, 0.4) is 0 Å². The minimum Gasteiger partial charge on any atom is -0.329 e. The van der Waals surface area contributed by atoms with E-state index < -0.39 is 0 Å². The van der Waals surface area contributed by atoms with Crippen LogP contribution < -0.4 is 11.1 Å². The summed E-state index contributed by atoms with van der Waals surface area (Å²) in [5, 5.41) is 2.35. The van der Waals surface area contributed by atoms with E-state index >= 15 is 0 Å². The molecule has 2 fully saturated rings. The third-order valence-corrected chi connectivity index (χ3v) is 2.76. The van der Waals surface area contributed by atoms with Crippen molar-refractivity contribution >= 4 is 11.8 Å². The van der Waals surface area contributed by atoms with Gasteiger partial charge in [-0.15, -0.1) is 0 Å². The molecule has 72 valence electrons. The fraction of sp³-hybridized carbons (Fsp3) is 0.750. The van der Waals surface area contributed by atoms with Crippen LogP contribution in [-0.2, 0) is 9.59 Å². The van der Waals surface area contributed by atoms with Crippen LogP contribution in [0, 0.1) is 11.8 Å². The molecule has 5 nitrogen and oxygen atoms in total. The van der Waals surface area contributed by atoms with E-state index in [0.717, 1.165) is 6.54 Å². The summed E-state index contributed by atoms with van der Waals surface area (Å²) < 4.78 is 0. The molecule has 0 unspecified atom stereocenters. The van der Waals surface area contributed by atoms with E-state index in [9.17, 15) is 9.59 Å². The number of hydrogen-bond donors (Lipinski definition) is 2. The zero-order chi connectivity index (χ0) is 9.42. The molecule has 0 spiro atoms. The number of hydrogen-bond acceptors (Lipinski definition) is 4. The van der Waals surface area contributed by atoms with Gasteiger partial charge in [-0.05, 0) is 0 Å². The number of nitrogens with two attached hydrogens (primary N) is 1. The van der Waals surface area contributed by atoms with Gasteiger partial charge < -0.3 is 10.6 Å². The molecule has 2 amide bonds. The van der Waals surface area contributed by atoms with Crippen molar-refractivity contribution in [1.29, 1.82) is 0 Å². The van der Waals surface area contributed by atoms with Crippen LogP contribution in [0.25, 0.3) is 0 Å². The molecule has 0 radical (unpaired) electrons. The Balaban J connectivity index is 2.04. The summed E-state index contributed by atoms with van der Waals surface area (Å²) in [7, 11) is 0. The first-order valence-corrected chi connectivity index (χ1v) is 4.49. The molecule has 2 heterocycles. The number of imide groups is 1. The van der Waals surface area contributed by atoms with Crippen LogP contribution in [0.2, 0.25) is 0 Å². The van der Waals surface area contributed by atoms with Gasteiger partial charge in [0, 0.05) is 26.2 Å². The minimum atomic E-state index is -0.126. The number of nitrogens with zero attached hydrogens (tertiary/aromatic N) is 1. The van der Waals surface area contributed by atoms with Crippen molar-refractivity contribution in [3.8, 4) is 0 Å². The average Bonchev–Trinajstić information content (AvgIpc) is 2.57. The first-order valence-electron chi connectivity index (χ1n) is 4.49. The highest BCUT2D eigenvalue weighted by molar-refractivity contribution is 6.05. The zero-order valence-electron chi connectivity index (χ0n) is 7.32. The minimum absolute atomic E-state index is 0.116. The van der Waals surface area contributed by atoms with Gasteiger partial charge in [0.2, 0.25) is 11.8 Å². The van der Waals surface area contributed by atoms with Crippen LogP contribution in [0.4, 0.5) is 0 Å². The second-order valence-electron chi connectivity index (χ2n) is 3.61. The maximum atomic E-state index is 11.2. The van der Waals surface area contributed by atoms with Gasteiger partial charge in [-0.25, -0.2) is 0 Å². The summed E-state index contributed by atoms with van der Waals surface area (Å²) in [6, 6.07) is 0. The lowest BCUT2D eigenvalue weighted by atomic mass is 10.00. The Morgan fingerprint density at radius 3 is 2.31 bits per heavy atom. The van der Waals surface area contributed by atoms with Crippen LogP contribution in [-0.4, -0.2) is 42.9 Å². The monoisotopic (exact) mass is 183 g/mol. The quantitative estimate of drug-likeness (QED) is 0.493. The van der Waals surface area contributed by atoms with Crippen molar-refractivity contribution < 1.29 is 9.59 Å². The molecule has 0 bridgehead atoms. The summed E-state index contributed by atoms with van der Waals surface area (Å²) in [5.41, 5.74) is 5.40. The molecular formula is C8H13N3O2. The van der Waals surface area contributed by atoms with Gasteiger partial charge >= 0.3 is 0 Å². The standard InChI is InChI=1S/C8H13N3O2/c9-1-2-11-3-5-6(4-11)8(13)10-7(5)12/h5-6H,1-4,9H2,(H,10,12,13)/t5-,6+. The van der Waals surface area contributed by atoms with Gasteiger partial charge in [0.1, 0.15) is 0 Å². The largest absolute Gasteiger partial charge is 0.329 e. The first kappa shape index (κ1) is 8.65. The third-order valence-electron chi connectivity index (χ3n) is 2.76. The van der Waals surface area contributed by atoms with Crippen molar-refractivity contribution in [3.05, 3.63) is 0 Å². The summed E-state index contributed by atoms with van der Waals surface area (Å²) in [6.45, 7) is 2.71. The predicted octanol–water partition coefficient (Wildman–Crippen LogP) is -1.85. The van der Waals surface area contributed by atoms with E-state index in [1.54, 1.807) is 0 Å². The Kier molecular flexibility index (Phi) is 2.05. The number of rotatable bonds is 2. The van der Waals surface area contributed by atoms with E-state index in [0.29, 0.717) is 19.6 Å². The summed E-state index contributed by atoms with van der Waals surface area (Å²) in [6.07, 6.45) is 0. The summed E-state index contributed by atoms with van der Waals surface area (Å²) >= 11 is 0. The van der Waals surface area contributed by atoms with Crippen LogP contribution in [0.1, 0.15) is 0 Å². The Morgan fingerprint density at radius 2 is 1.85 bits per heavy atom. The lowest BCUT2D eigenvalue weighted by Gasteiger charge is -2.14. The molecule has 0 aromatic rings. The van der Waals surface area contributed by atoms with Crippen LogP contribution in [0.5, 0.6) is 0 Å². The Hall–Kier alpha value is -0.940.